The molecule has 0 atom stereocenters. The van der Waals surface area contributed by atoms with Crippen LogP contribution in [0.15, 0.2) is 0 Å². The van der Waals surface area contributed by atoms with Gasteiger partial charge in [-0.05, 0) is 6.04 Å². The fourth-order valence-electron chi connectivity index (χ4n) is 1.24. The molecule has 0 aromatic rings. The van der Waals surface area contributed by atoms with E-state index in [1.54, 1.807) is 0 Å². The van der Waals surface area contributed by atoms with Crippen LogP contribution in [-0.2, 0) is 28.8 Å². The molecule has 1 aliphatic heterocycles. The summed E-state index contributed by atoms with van der Waals surface area (Å²) in [5.74, 6) is 0. The van der Waals surface area contributed by atoms with Gasteiger partial charge < -0.3 is 28.8 Å². The molecule has 0 aromatic carbocycles. The first-order valence-electron chi connectivity index (χ1n) is 6.05. The van der Waals surface area contributed by atoms with Gasteiger partial charge in [-0.1, -0.05) is 19.8 Å². The zero-order valence-electron chi connectivity index (χ0n) is 10.8. The van der Waals surface area contributed by atoms with Crippen molar-refractivity contribution in [1.82, 2.24) is 0 Å². The molecule has 1 heterocycles. The highest BCUT2D eigenvalue weighted by molar-refractivity contribution is 6.58. The van der Waals surface area contributed by atoms with E-state index in [1.807, 2.05) is 0 Å². The number of hydrogen-bond donors (Lipinski definition) is 0. The molecule has 1 rings (SSSR count). The predicted molar refractivity (Wildman–Crippen MR) is 85.7 cm³/mol. The van der Waals surface area contributed by atoms with Gasteiger partial charge in [0, 0.05) is 0 Å². The predicted octanol–water partition coefficient (Wildman–Crippen LogP) is -4.87. The third kappa shape index (κ3) is 10.1. The smallest absolute Gasteiger partial charge is 0.303 e. The van der Waals surface area contributed by atoms with E-state index in [9.17, 15) is 0 Å². The molecule has 0 spiro atoms. The quantitative estimate of drug-likeness (QED) is 0.456. The Morgan fingerprint density at radius 1 is 0.722 bits per heavy atom. The van der Waals surface area contributed by atoms with Gasteiger partial charge in [0.15, 0.2) is 0 Å². The molecule has 0 radical (unpaired) electrons. The van der Waals surface area contributed by atoms with Gasteiger partial charge in [-0.15, -0.1) is 0 Å². The molecule has 0 unspecified atom stereocenters. The first-order valence-corrected chi connectivity index (χ1v) is 14.7. The SMILES string of the molecule is CCCC[SiH]1O[SiH2]O[SiH2]O[SiH2]O[SiH2]O[SiH2]O[SiH2]O1. The van der Waals surface area contributed by atoms with Gasteiger partial charge in [-0.3, -0.25) is 0 Å². The van der Waals surface area contributed by atoms with Crippen LogP contribution in [0, 0.1) is 0 Å². The largest absolute Gasteiger partial charge is 0.425 e. The third-order valence-electron chi connectivity index (χ3n) is 2.13. The minimum absolute atomic E-state index is 0.861. The van der Waals surface area contributed by atoms with Crippen LogP contribution in [0.2, 0.25) is 6.04 Å². The van der Waals surface area contributed by atoms with Crippen molar-refractivity contribution in [1.29, 1.82) is 0 Å². The molecular formula is C4H22O7Si7. The minimum Gasteiger partial charge on any atom is -0.425 e. The zero-order valence-corrected chi connectivity index (χ0v) is 20.4. The number of hydrogen-bond acceptors (Lipinski definition) is 7. The Morgan fingerprint density at radius 2 is 1.17 bits per heavy atom. The second-order valence-electron chi connectivity index (χ2n) is 3.63. The fraction of sp³-hybridized carbons (Fsp3) is 1.00. The van der Waals surface area contributed by atoms with E-state index in [-0.39, 0.29) is 0 Å². The molecule has 0 aromatic heterocycles. The summed E-state index contributed by atoms with van der Waals surface area (Å²) in [6, 6.07) is 1.06. The summed E-state index contributed by atoms with van der Waals surface area (Å²) in [6.45, 7) is 2.18. The molecule has 1 fully saturated rings. The van der Waals surface area contributed by atoms with Crippen molar-refractivity contribution in [3.05, 3.63) is 0 Å². The van der Waals surface area contributed by atoms with Crippen molar-refractivity contribution >= 4 is 69.3 Å². The van der Waals surface area contributed by atoms with Gasteiger partial charge in [0.2, 0.25) is 0 Å². The maximum atomic E-state index is 5.79. The molecule has 14 heteroatoms. The minimum atomic E-state index is -1.53. The van der Waals surface area contributed by atoms with Crippen molar-refractivity contribution in [3.8, 4) is 0 Å². The van der Waals surface area contributed by atoms with Crippen LogP contribution < -0.4 is 0 Å². The molecule has 0 aliphatic carbocycles. The summed E-state index contributed by atoms with van der Waals surface area (Å²) in [4.78, 5) is 0. The van der Waals surface area contributed by atoms with Crippen molar-refractivity contribution in [2.45, 2.75) is 25.8 Å². The Balaban J connectivity index is 2.20. The Morgan fingerprint density at radius 3 is 1.61 bits per heavy atom. The van der Waals surface area contributed by atoms with Crippen molar-refractivity contribution in [3.63, 3.8) is 0 Å². The fourth-order valence-corrected chi connectivity index (χ4v) is 15.8. The van der Waals surface area contributed by atoms with E-state index in [0.717, 1.165) is 12.5 Å². The normalized spacial score (nSPS) is 33.5. The van der Waals surface area contributed by atoms with Gasteiger partial charge in [0.25, 0.3) is 60.0 Å². The van der Waals surface area contributed by atoms with Gasteiger partial charge in [-0.2, -0.15) is 0 Å². The van der Waals surface area contributed by atoms with E-state index < -0.39 is 69.3 Å². The highest BCUT2D eigenvalue weighted by Crippen LogP contribution is 2.03. The molecule has 0 amide bonds. The molecule has 7 nitrogen and oxygen atoms in total. The average molecular weight is 379 g/mol. The van der Waals surface area contributed by atoms with Gasteiger partial charge in [0.1, 0.15) is 0 Å². The van der Waals surface area contributed by atoms with Crippen LogP contribution in [0.4, 0.5) is 0 Å². The highest BCUT2D eigenvalue weighted by Gasteiger charge is 2.13. The van der Waals surface area contributed by atoms with E-state index in [2.05, 4.69) is 6.92 Å². The van der Waals surface area contributed by atoms with Crippen LogP contribution in [0.3, 0.4) is 0 Å². The summed E-state index contributed by atoms with van der Waals surface area (Å²) in [7, 11) is -6.82. The molecular weight excluding hydrogens is 357 g/mol. The van der Waals surface area contributed by atoms with E-state index in [1.165, 1.54) is 6.42 Å². The van der Waals surface area contributed by atoms with E-state index >= 15 is 0 Å². The first-order chi connectivity index (χ1) is 8.93. The van der Waals surface area contributed by atoms with Crippen molar-refractivity contribution in [2.75, 3.05) is 0 Å². The molecule has 1 aliphatic rings. The first kappa shape index (κ1) is 17.3. The van der Waals surface area contributed by atoms with Gasteiger partial charge in [0.05, 0.1) is 0 Å². The lowest BCUT2D eigenvalue weighted by molar-refractivity contribution is 0.335. The Labute approximate surface area is 124 Å². The Hall–Kier alpha value is 1.24. The van der Waals surface area contributed by atoms with Crippen LogP contribution in [0.5, 0.6) is 0 Å². The topological polar surface area (TPSA) is 64.6 Å². The van der Waals surface area contributed by atoms with Crippen LogP contribution in [0.25, 0.3) is 0 Å². The maximum Gasteiger partial charge on any atom is 0.303 e. The molecule has 1 saturated heterocycles. The monoisotopic (exact) mass is 378 g/mol. The lowest BCUT2D eigenvalue weighted by Gasteiger charge is -2.18. The van der Waals surface area contributed by atoms with Crippen LogP contribution in [-0.4, -0.2) is 69.3 Å². The third-order valence-corrected chi connectivity index (χ3v) is 13.7. The summed E-state index contributed by atoms with van der Waals surface area (Å²) in [6.07, 6.45) is 2.33. The summed E-state index contributed by atoms with van der Waals surface area (Å²) in [5, 5.41) is 0. The molecule has 0 saturated carbocycles. The van der Waals surface area contributed by atoms with Crippen molar-refractivity contribution in [2.24, 2.45) is 0 Å². The standard InChI is InChI=1S/C4H22O7Si7/c1-2-3-4-18-10-16-8-14-6-12-5-13-7-15-9-17-11-18/h18H,2-4,12-17H2,1H3. The van der Waals surface area contributed by atoms with Gasteiger partial charge >= 0.3 is 9.28 Å². The number of rotatable bonds is 3. The van der Waals surface area contributed by atoms with E-state index in [4.69, 9.17) is 28.8 Å². The Bertz CT molecular complexity index is 175. The van der Waals surface area contributed by atoms with Crippen LogP contribution in [0.1, 0.15) is 19.8 Å². The Kier molecular flexibility index (Phi) is 12.7. The molecule has 0 N–H and O–H groups in total. The second kappa shape index (κ2) is 13.2. The average Bonchev–Trinajstić information content (AvgIpc) is 2.39. The maximum absolute atomic E-state index is 5.79. The zero-order chi connectivity index (χ0) is 12.9. The van der Waals surface area contributed by atoms with Crippen molar-refractivity contribution < 1.29 is 28.8 Å². The lowest BCUT2D eigenvalue weighted by atomic mass is 10.4. The second-order valence-corrected chi connectivity index (χ2v) is 17.3. The number of unbranched alkanes of at least 4 members (excludes halogenated alkanes) is 1. The molecule has 0 bridgehead atoms. The lowest BCUT2D eigenvalue weighted by Crippen LogP contribution is -2.31. The van der Waals surface area contributed by atoms with Gasteiger partial charge in [-0.25, -0.2) is 0 Å². The van der Waals surface area contributed by atoms with Crippen LogP contribution >= 0.6 is 0 Å². The van der Waals surface area contributed by atoms with E-state index in [0.29, 0.717) is 0 Å². The molecule has 18 heavy (non-hydrogen) atoms. The molecule has 108 valence electrons. The summed E-state index contributed by atoms with van der Waals surface area (Å²) < 4.78 is 38.7. The summed E-state index contributed by atoms with van der Waals surface area (Å²) in [5.41, 5.74) is 0. The highest BCUT2D eigenvalue weighted by atomic mass is 28.4. The summed E-state index contributed by atoms with van der Waals surface area (Å²) >= 11 is 0.